The largest absolute Gasteiger partial charge is 0.289 e. The van der Waals surface area contributed by atoms with E-state index in [9.17, 15) is 4.79 Å². The number of benzene rings is 1. The van der Waals surface area contributed by atoms with Crippen molar-refractivity contribution in [2.75, 3.05) is 0 Å². The van der Waals surface area contributed by atoms with Gasteiger partial charge in [-0.1, -0.05) is 49.8 Å². The molecular formula is C19H19N3O. The quantitative estimate of drug-likeness (QED) is 0.781. The summed E-state index contributed by atoms with van der Waals surface area (Å²) in [5.41, 5.74) is 3.08. The molecule has 0 aliphatic carbocycles. The second kappa shape index (κ2) is 6.92. The van der Waals surface area contributed by atoms with Crippen molar-refractivity contribution in [3.05, 3.63) is 81.9 Å². The molecule has 0 atom stereocenters. The van der Waals surface area contributed by atoms with Crippen molar-refractivity contribution in [2.45, 2.75) is 19.8 Å². The zero-order valence-corrected chi connectivity index (χ0v) is 13.1. The molecular weight excluding hydrogens is 286 g/mol. The lowest BCUT2D eigenvalue weighted by molar-refractivity contribution is 0.816. The van der Waals surface area contributed by atoms with Crippen molar-refractivity contribution < 1.29 is 0 Å². The molecule has 116 valence electrons. The minimum Gasteiger partial charge on any atom is -0.289 e. The molecule has 0 fully saturated rings. The molecule has 0 unspecified atom stereocenters. The molecule has 23 heavy (non-hydrogen) atoms. The molecule has 0 saturated heterocycles. The van der Waals surface area contributed by atoms with Crippen LogP contribution in [0.2, 0.25) is 0 Å². The summed E-state index contributed by atoms with van der Waals surface area (Å²) in [6, 6.07) is 15.5. The Morgan fingerprint density at radius 3 is 2.65 bits per heavy atom. The molecule has 3 aromatic rings. The van der Waals surface area contributed by atoms with Gasteiger partial charge in [0.1, 0.15) is 0 Å². The second-order valence-electron chi connectivity index (χ2n) is 5.40. The van der Waals surface area contributed by atoms with E-state index in [0.29, 0.717) is 5.82 Å². The number of aryl methyl sites for hydroxylation is 1. The highest BCUT2D eigenvalue weighted by Crippen LogP contribution is 2.10. The van der Waals surface area contributed by atoms with Crippen LogP contribution in [0.3, 0.4) is 0 Å². The Bertz CT molecular complexity index is 842. The predicted octanol–water partition coefficient (Wildman–Crippen LogP) is 3.68. The van der Waals surface area contributed by atoms with Gasteiger partial charge in [0.2, 0.25) is 0 Å². The number of nitrogens with one attached hydrogen (secondary N) is 1. The first-order valence-corrected chi connectivity index (χ1v) is 7.77. The molecule has 0 radical (unpaired) electrons. The SMILES string of the molecule is CCCc1ccc(C=Cc2cc(=O)n(-c3ccccn3)[nH]2)cc1. The Morgan fingerprint density at radius 1 is 1.13 bits per heavy atom. The van der Waals surface area contributed by atoms with Crippen LogP contribution in [-0.2, 0) is 6.42 Å². The highest BCUT2D eigenvalue weighted by atomic mass is 16.1. The van der Waals surface area contributed by atoms with Gasteiger partial charge in [0, 0.05) is 12.3 Å². The first-order chi connectivity index (χ1) is 11.3. The van der Waals surface area contributed by atoms with E-state index in [4.69, 9.17) is 0 Å². The number of rotatable bonds is 5. The van der Waals surface area contributed by atoms with Gasteiger partial charge in [-0.25, -0.2) is 9.67 Å². The molecule has 2 heterocycles. The summed E-state index contributed by atoms with van der Waals surface area (Å²) < 4.78 is 1.43. The van der Waals surface area contributed by atoms with Gasteiger partial charge in [0.15, 0.2) is 5.82 Å². The van der Waals surface area contributed by atoms with Gasteiger partial charge in [-0.05, 0) is 35.8 Å². The number of H-pyrrole nitrogens is 1. The van der Waals surface area contributed by atoms with E-state index in [-0.39, 0.29) is 5.56 Å². The summed E-state index contributed by atoms with van der Waals surface area (Å²) >= 11 is 0. The molecule has 4 nitrogen and oxygen atoms in total. The summed E-state index contributed by atoms with van der Waals surface area (Å²) in [6.45, 7) is 2.18. The van der Waals surface area contributed by atoms with Gasteiger partial charge in [-0.15, -0.1) is 0 Å². The van der Waals surface area contributed by atoms with Crippen LogP contribution in [0.25, 0.3) is 18.0 Å². The molecule has 4 heteroatoms. The van der Waals surface area contributed by atoms with Crippen molar-refractivity contribution >= 4 is 12.2 Å². The molecule has 0 aliphatic rings. The smallest absolute Gasteiger partial charge is 0.273 e. The number of aromatic nitrogens is 3. The maximum absolute atomic E-state index is 12.0. The van der Waals surface area contributed by atoms with E-state index in [1.54, 1.807) is 18.3 Å². The summed E-state index contributed by atoms with van der Waals surface area (Å²) in [5, 5.41) is 3.05. The summed E-state index contributed by atoms with van der Waals surface area (Å²) in [5.74, 6) is 0.584. The molecule has 0 amide bonds. The molecule has 1 aromatic carbocycles. The molecule has 0 aliphatic heterocycles. The highest BCUT2D eigenvalue weighted by molar-refractivity contribution is 5.67. The third-order valence-electron chi connectivity index (χ3n) is 3.59. The summed E-state index contributed by atoms with van der Waals surface area (Å²) in [7, 11) is 0. The average Bonchev–Trinajstić information content (AvgIpc) is 2.96. The fourth-order valence-electron chi connectivity index (χ4n) is 2.43. The van der Waals surface area contributed by atoms with Crippen LogP contribution in [0.1, 0.15) is 30.2 Å². The van der Waals surface area contributed by atoms with E-state index in [1.807, 2.05) is 24.3 Å². The van der Waals surface area contributed by atoms with Crippen LogP contribution in [0.15, 0.2) is 59.5 Å². The van der Waals surface area contributed by atoms with Crippen LogP contribution in [0.5, 0.6) is 0 Å². The number of hydrogen-bond donors (Lipinski definition) is 1. The van der Waals surface area contributed by atoms with E-state index in [0.717, 1.165) is 24.1 Å². The first kappa shape index (κ1) is 15.0. The van der Waals surface area contributed by atoms with E-state index in [2.05, 4.69) is 41.3 Å². The zero-order valence-electron chi connectivity index (χ0n) is 13.1. The predicted molar refractivity (Wildman–Crippen MR) is 93.5 cm³/mol. The Hall–Kier alpha value is -2.88. The van der Waals surface area contributed by atoms with E-state index < -0.39 is 0 Å². The lowest BCUT2D eigenvalue weighted by atomic mass is 10.1. The van der Waals surface area contributed by atoms with E-state index in [1.165, 1.54) is 10.2 Å². The number of pyridine rings is 1. The molecule has 0 saturated carbocycles. The van der Waals surface area contributed by atoms with Crippen LogP contribution >= 0.6 is 0 Å². The van der Waals surface area contributed by atoms with Gasteiger partial charge in [-0.3, -0.25) is 9.89 Å². The lowest BCUT2D eigenvalue weighted by Gasteiger charge is -1.99. The minimum absolute atomic E-state index is 0.123. The van der Waals surface area contributed by atoms with Gasteiger partial charge < -0.3 is 0 Å². The number of aromatic amines is 1. The van der Waals surface area contributed by atoms with Gasteiger partial charge in [0.25, 0.3) is 5.56 Å². The molecule has 3 rings (SSSR count). The van der Waals surface area contributed by atoms with Crippen molar-refractivity contribution in [2.24, 2.45) is 0 Å². The Morgan fingerprint density at radius 2 is 1.96 bits per heavy atom. The van der Waals surface area contributed by atoms with Crippen LogP contribution in [0, 0.1) is 0 Å². The van der Waals surface area contributed by atoms with Crippen molar-refractivity contribution in [1.29, 1.82) is 0 Å². The highest BCUT2D eigenvalue weighted by Gasteiger charge is 2.03. The fourth-order valence-corrected chi connectivity index (χ4v) is 2.43. The summed E-state index contributed by atoms with van der Waals surface area (Å²) in [4.78, 5) is 16.2. The van der Waals surface area contributed by atoms with Crippen molar-refractivity contribution in [1.82, 2.24) is 14.8 Å². The van der Waals surface area contributed by atoms with Crippen LogP contribution in [0.4, 0.5) is 0 Å². The maximum atomic E-state index is 12.0. The average molecular weight is 305 g/mol. The van der Waals surface area contributed by atoms with Crippen molar-refractivity contribution in [3.8, 4) is 5.82 Å². The Balaban J connectivity index is 1.79. The number of nitrogens with zero attached hydrogens (tertiary/aromatic N) is 2. The topological polar surface area (TPSA) is 50.7 Å². The third-order valence-corrected chi connectivity index (χ3v) is 3.59. The zero-order chi connectivity index (χ0) is 16.1. The monoisotopic (exact) mass is 305 g/mol. The third kappa shape index (κ3) is 3.66. The summed E-state index contributed by atoms with van der Waals surface area (Å²) in [6.07, 6.45) is 7.80. The van der Waals surface area contributed by atoms with Gasteiger partial charge in [0.05, 0.1) is 5.69 Å². The molecule has 1 N–H and O–H groups in total. The van der Waals surface area contributed by atoms with Gasteiger partial charge in [-0.2, -0.15) is 0 Å². The van der Waals surface area contributed by atoms with Crippen LogP contribution < -0.4 is 5.56 Å². The number of hydrogen-bond acceptors (Lipinski definition) is 2. The fraction of sp³-hybridized carbons (Fsp3) is 0.158. The standard InChI is InChI=1S/C19H19N3O/c1-2-5-15-7-9-16(10-8-15)11-12-17-14-19(23)22(21-17)18-6-3-4-13-20-18/h3-4,6-14,21H,2,5H2,1H3. The molecule has 2 aromatic heterocycles. The Labute approximate surface area is 135 Å². The first-order valence-electron chi connectivity index (χ1n) is 7.77. The second-order valence-corrected chi connectivity index (χ2v) is 5.40. The van der Waals surface area contributed by atoms with E-state index >= 15 is 0 Å². The normalized spacial score (nSPS) is 11.2. The maximum Gasteiger partial charge on any atom is 0.273 e. The van der Waals surface area contributed by atoms with Crippen molar-refractivity contribution in [3.63, 3.8) is 0 Å². The molecule has 0 spiro atoms. The minimum atomic E-state index is -0.123. The molecule has 0 bridgehead atoms. The Kier molecular flexibility index (Phi) is 4.52. The van der Waals surface area contributed by atoms with Crippen LogP contribution in [-0.4, -0.2) is 14.8 Å². The lowest BCUT2D eigenvalue weighted by Crippen LogP contribution is -2.14. The van der Waals surface area contributed by atoms with Gasteiger partial charge >= 0.3 is 0 Å².